The number of thioether (sulfide) groups is 1. The van der Waals surface area contributed by atoms with Gasteiger partial charge >= 0.3 is 0 Å². The van der Waals surface area contributed by atoms with E-state index in [0.29, 0.717) is 6.04 Å². The van der Waals surface area contributed by atoms with Gasteiger partial charge in [-0.3, -0.25) is 0 Å². The van der Waals surface area contributed by atoms with Gasteiger partial charge in [0.1, 0.15) is 0 Å². The van der Waals surface area contributed by atoms with Gasteiger partial charge in [0, 0.05) is 11.8 Å². The molecule has 0 aliphatic carbocycles. The summed E-state index contributed by atoms with van der Waals surface area (Å²) in [5.41, 5.74) is 2.75. The lowest BCUT2D eigenvalue weighted by Gasteiger charge is -2.18. The van der Waals surface area contributed by atoms with Gasteiger partial charge in [0.25, 0.3) is 0 Å². The molecule has 16 heavy (non-hydrogen) atoms. The second-order valence-electron chi connectivity index (χ2n) is 4.10. The van der Waals surface area contributed by atoms with Crippen LogP contribution in [0.3, 0.4) is 0 Å². The fraction of sp³-hybridized carbons (Fsp3) is 0.571. The summed E-state index contributed by atoms with van der Waals surface area (Å²) in [6.07, 6.45) is 1.26. The number of benzene rings is 1. The van der Waals surface area contributed by atoms with Gasteiger partial charge in [0.15, 0.2) is 0 Å². The summed E-state index contributed by atoms with van der Waals surface area (Å²) in [6, 6.07) is 9.39. The lowest BCUT2D eigenvalue weighted by atomic mass is 10.1. The Labute approximate surface area is 104 Å². The molecule has 1 aromatic carbocycles. The molecular weight excluding hydrogens is 214 g/mol. The Morgan fingerprint density at radius 3 is 2.44 bits per heavy atom. The molecule has 0 heterocycles. The van der Waals surface area contributed by atoms with Gasteiger partial charge in [-0.15, -0.1) is 0 Å². The quantitative estimate of drug-likeness (QED) is 0.724. The summed E-state index contributed by atoms with van der Waals surface area (Å²) in [5, 5.41) is 3.56. The van der Waals surface area contributed by atoms with Gasteiger partial charge < -0.3 is 5.32 Å². The second-order valence-corrected chi connectivity index (χ2v) is 5.25. The van der Waals surface area contributed by atoms with E-state index in [-0.39, 0.29) is 0 Å². The van der Waals surface area contributed by atoms with Gasteiger partial charge in [0.2, 0.25) is 0 Å². The summed E-state index contributed by atoms with van der Waals surface area (Å²) in [4.78, 5) is 0. The minimum atomic E-state index is 0.502. The molecular formula is C14H23NS. The Kier molecular flexibility index (Phi) is 6.58. The highest BCUT2D eigenvalue weighted by Crippen LogP contribution is 2.19. The van der Waals surface area contributed by atoms with Crippen LogP contribution in [0.5, 0.6) is 0 Å². The van der Waals surface area contributed by atoms with E-state index in [1.165, 1.54) is 29.1 Å². The highest BCUT2D eigenvalue weighted by Gasteiger charge is 2.09. The second kappa shape index (κ2) is 7.75. The standard InChI is InChI=1S/C14H23NS/c1-4-10-16-11-14(15-5-2)13-8-6-12(3)7-9-13/h6-9,14-15H,4-5,10-11H2,1-3H3. The average Bonchev–Trinajstić information content (AvgIpc) is 2.29. The lowest BCUT2D eigenvalue weighted by Crippen LogP contribution is -2.23. The monoisotopic (exact) mass is 237 g/mol. The third-order valence-corrected chi connectivity index (χ3v) is 3.83. The fourth-order valence-electron chi connectivity index (χ4n) is 1.66. The molecule has 0 aliphatic heterocycles. The van der Waals surface area contributed by atoms with E-state index in [0.717, 1.165) is 6.54 Å². The van der Waals surface area contributed by atoms with Crippen molar-refractivity contribution in [2.24, 2.45) is 0 Å². The van der Waals surface area contributed by atoms with Crippen LogP contribution >= 0.6 is 11.8 Å². The van der Waals surface area contributed by atoms with E-state index in [2.05, 4.69) is 50.4 Å². The Hall–Kier alpha value is -0.470. The maximum Gasteiger partial charge on any atom is 0.0411 e. The predicted octanol–water partition coefficient (Wildman–Crippen LogP) is 3.79. The summed E-state index contributed by atoms with van der Waals surface area (Å²) >= 11 is 2.04. The molecule has 0 fully saturated rings. The van der Waals surface area contributed by atoms with Crippen LogP contribution in [-0.4, -0.2) is 18.1 Å². The minimum Gasteiger partial charge on any atom is -0.310 e. The summed E-state index contributed by atoms with van der Waals surface area (Å²) in [6.45, 7) is 7.58. The average molecular weight is 237 g/mol. The number of rotatable bonds is 7. The Morgan fingerprint density at radius 1 is 1.19 bits per heavy atom. The van der Waals surface area contributed by atoms with Crippen LogP contribution in [0.4, 0.5) is 0 Å². The summed E-state index contributed by atoms with van der Waals surface area (Å²) in [5.74, 6) is 2.43. The van der Waals surface area contributed by atoms with Crippen molar-refractivity contribution in [2.45, 2.75) is 33.2 Å². The highest BCUT2D eigenvalue weighted by atomic mass is 32.2. The SMILES string of the molecule is CCCSCC(NCC)c1ccc(C)cc1. The Morgan fingerprint density at radius 2 is 1.88 bits per heavy atom. The van der Waals surface area contributed by atoms with Gasteiger partial charge in [-0.1, -0.05) is 43.7 Å². The van der Waals surface area contributed by atoms with Crippen molar-refractivity contribution in [1.82, 2.24) is 5.32 Å². The Balaban J connectivity index is 2.57. The molecule has 0 aromatic heterocycles. The molecule has 1 nitrogen and oxygen atoms in total. The van der Waals surface area contributed by atoms with Crippen LogP contribution in [0, 0.1) is 6.92 Å². The van der Waals surface area contributed by atoms with E-state index < -0.39 is 0 Å². The van der Waals surface area contributed by atoms with Crippen LogP contribution in [0.2, 0.25) is 0 Å². The van der Waals surface area contributed by atoms with Crippen LogP contribution in [0.25, 0.3) is 0 Å². The molecule has 1 N–H and O–H groups in total. The van der Waals surface area contributed by atoms with Crippen molar-refractivity contribution in [3.8, 4) is 0 Å². The highest BCUT2D eigenvalue weighted by molar-refractivity contribution is 7.99. The third-order valence-electron chi connectivity index (χ3n) is 2.56. The van der Waals surface area contributed by atoms with Crippen molar-refractivity contribution in [2.75, 3.05) is 18.1 Å². The molecule has 0 radical (unpaired) electrons. The van der Waals surface area contributed by atoms with Gasteiger partial charge in [0.05, 0.1) is 0 Å². The topological polar surface area (TPSA) is 12.0 Å². The van der Waals surface area contributed by atoms with Crippen molar-refractivity contribution >= 4 is 11.8 Å². The molecule has 0 amide bonds. The summed E-state index contributed by atoms with van der Waals surface area (Å²) < 4.78 is 0. The zero-order chi connectivity index (χ0) is 11.8. The normalized spacial score (nSPS) is 12.7. The van der Waals surface area contributed by atoms with Crippen LogP contribution in [0.1, 0.15) is 37.4 Å². The molecule has 0 saturated carbocycles. The molecule has 0 saturated heterocycles. The minimum absolute atomic E-state index is 0.502. The predicted molar refractivity (Wildman–Crippen MR) is 75.2 cm³/mol. The number of hydrogen-bond acceptors (Lipinski definition) is 2. The molecule has 1 unspecified atom stereocenters. The van der Waals surface area contributed by atoms with E-state index in [4.69, 9.17) is 0 Å². The first-order chi connectivity index (χ1) is 7.77. The molecule has 0 aliphatic rings. The first kappa shape index (κ1) is 13.6. The number of aryl methyl sites for hydroxylation is 1. The molecule has 0 bridgehead atoms. The number of nitrogens with one attached hydrogen (secondary N) is 1. The molecule has 90 valence electrons. The van der Waals surface area contributed by atoms with Gasteiger partial charge in [-0.25, -0.2) is 0 Å². The van der Waals surface area contributed by atoms with E-state index in [1.807, 2.05) is 11.8 Å². The smallest absolute Gasteiger partial charge is 0.0411 e. The van der Waals surface area contributed by atoms with E-state index in [9.17, 15) is 0 Å². The number of hydrogen-bond donors (Lipinski definition) is 1. The van der Waals surface area contributed by atoms with Crippen molar-refractivity contribution in [3.63, 3.8) is 0 Å². The molecule has 0 spiro atoms. The van der Waals surface area contributed by atoms with Gasteiger partial charge in [-0.2, -0.15) is 11.8 Å². The van der Waals surface area contributed by atoms with Crippen LogP contribution in [-0.2, 0) is 0 Å². The van der Waals surface area contributed by atoms with E-state index >= 15 is 0 Å². The Bertz CT molecular complexity index is 281. The van der Waals surface area contributed by atoms with Gasteiger partial charge in [-0.05, 0) is 31.2 Å². The largest absolute Gasteiger partial charge is 0.310 e. The summed E-state index contributed by atoms with van der Waals surface area (Å²) in [7, 11) is 0. The molecule has 1 rings (SSSR count). The van der Waals surface area contributed by atoms with Crippen LogP contribution < -0.4 is 5.32 Å². The first-order valence-electron chi connectivity index (χ1n) is 6.15. The van der Waals surface area contributed by atoms with Crippen molar-refractivity contribution < 1.29 is 0 Å². The van der Waals surface area contributed by atoms with Crippen LogP contribution in [0.15, 0.2) is 24.3 Å². The zero-order valence-electron chi connectivity index (χ0n) is 10.6. The molecule has 1 aromatic rings. The first-order valence-corrected chi connectivity index (χ1v) is 7.31. The maximum absolute atomic E-state index is 3.56. The van der Waals surface area contributed by atoms with Crippen molar-refractivity contribution in [1.29, 1.82) is 0 Å². The van der Waals surface area contributed by atoms with Crippen molar-refractivity contribution in [3.05, 3.63) is 35.4 Å². The fourth-order valence-corrected chi connectivity index (χ4v) is 2.67. The third kappa shape index (κ3) is 4.58. The maximum atomic E-state index is 3.56. The van der Waals surface area contributed by atoms with E-state index in [1.54, 1.807) is 0 Å². The molecule has 2 heteroatoms. The molecule has 1 atom stereocenters. The zero-order valence-corrected chi connectivity index (χ0v) is 11.4. The lowest BCUT2D eigenvalue weighted by molar-refractivity contribution is 0.606.